The van der Waals surface area contributed by atoms with Crippen LogP contribution < -0.4 is 16.0 Å². The van der Waals surface area contributed by atoms with Gasteiger partial charge in [-0.1, -0.05) is 0 Å². The lowest BCUT2D eigenvalue weighted by Crippen LogP contribution is -2.47. The standard InChI is InChI=1S/C10H19N3OS/c14-10(13-9-1-4-11-7-9)12-8-2-5-15-6-3-8/h8-9,11H,1-7H2,(H2,12,13,14). The fourth-order valence-electron chi connectivity index (χ4n) is 2.03. The molecule has 2 fully saturated rings. The minimum atomic E-state index is 0.0144. The van der Waals surface area contributed by atoms with E-state index in [9.17, 15) is 4.79 Å². The lowest BCUT2D eigenvalue weighted by molar-refractivity contribution is 0.233. The van der Waals surface area contributed by atoms with Crippen LogP contribution in [0.15, 0.2) is 0 Å². The number of carbonyl (C=O) groups excluding carboxylic acids is 1. The fraction of sp³-hybridized carbons (Fsp3) is 0.900. The number of nitrogens with one attached hydrogen (secondary N) is 3. The van der Waals surface area contributed by atoms with Crippen molar-refractivity contribution in [1.82, 2.24) is 16.0 Å². The molecule has 15 heavy (non-hydrogen) atoms. The molecule has 1 atom stereocenters. The molecule has 0 aliphatic carbocycles. The average Bonchev–Trinajstić information content (AvgIpc) is 2.71. The topological polar surface area (TPSA) is 53.2 Å². The van der Waals surface area contributed by atoms with Gasteiger partial charge in [0.25, 0.3) is 0 Å². The largest absolute Gasteiger partial charge is 0.335 e. The van der Waals surface area contributed by atoms with Crippen LogP contribution >= 0.6 is 11.8 Å². The maximum absolute atomic E-state index is 11.6. The van der Waals surface area contributed by atoms with Crippen molar-refractivity contribution in [3.63, 3.8) is 0 Å². The number of hydrogen-bond donors (Lipinski definition) is 3. The van der Waals surface area contributed by atoms with Crippen LogP contribution in [0.3, 0.4) is 0 Å². The van der Waals surface area contributed by atoms with Gasteiger partial charge in [-0.2, -0.15) is 11.8 Å². The molecule has 2 rings (SSSR count). The highest BCUT2D eigenvalue weighted by Gasteiger charge is 2.19. The summed E-state index contributed by atoms with van der Waals surface area (Å²) in [5.74, 6) is 2.35. The van der Waals surface area contributed by atoms with Gasteiger partial charge in [-0.15, -0.1) is 0 Å². The van der Waals surface area contributed by atoms with Crippen LogP contribution in [0.2, 0.25) is 0 Å². The molecule has 2 aliphatic rings. The van der Waals surface area contributed by atoms with Crippen LogP contribution in [-0.2, 0) is 0 Å². The number of rotatable bonds is 2. The van der Waals surface area contributed by atoms with Crippen LogP contribution in [0, 0.1) is 0 Å². The molecule has 0 spiro atoms. The molecule has 5 heteroatoms. The van der Waals surface area contributed by atoms with E-state index in [1.54, 1.807) is 0 Å². The molecule has 0 bridgehead atoms. The summed E-state index contributed by atoms with van der Waals surface area (Å²) in [6.45, 7) is 1.93. The van der Waals surface area contributed by atoms with Crippen molar-refractivity contribution >= 4 is 17.8 Å². The van der Waals surface area contributed by atoms with Crippen molar-refractivity contribution in [3.05, 3.63) is 0 Å². The molecule has 0 aromatic heterocycles. The molecule has 0 saturated carbocycles. The van der Waals surface area contributed by atoms with Crippen LogP contribution in [0.5, 0.6) is 0 Å². The molecule has 1 unspecified atom stereocenters. The first-order valence-corrected chi connectivity index (χ1v) is 6.85. The van der Waals surface area contributed by atoms with E-state index in [2.05, 4.69) is 16.0 Å². The third kappa shape index (κ3) is 3.57. The van der Waals surface area contributed by atoms with Crippen molar-refractivity contribution in [2.45, 2.75) is 31.3 Å². The third-order valence-corrected chi connectivity index (χ3v) is 4.00. The number of urea groups is 1. The van der Waals surface area contributed by atoms with E-state index in [1.165, 1.54) is 11.5 Å². The maximum Gasteiger partial charge on any atom is 0.315 e. The first-order chi connectivity index (χ1) is 7.34. The van der Waals surface area contributed by atoms with Crippen LogP contribution in [0.25, 0.3) is 0 Å². The van der Waals surface area contributed by atoms with E-state index in [0.717, 1.165) is 32.4 Å². The van der Waals surface area contributed by atoms with Gasteiger partial charge in [0.1, 0.15) is 0 Å². The summed E-state index contributed by atoms with van der Waals surface area (Å²) in [5.41, 5.74) is 0. The zero-order chi connectivity index (χ0) is 10.5. The van der Waals surface area contributed by atoms with Crippen molar-refractivity contribution in [1.29, 1.82) is 0 Å². The molecule has 0 radical (unpaired) electrons. The minimum absolute atomic E-state index is 0.0144. The first kappa shape index (κ1) is 11.1. The number of amides is 2. The predicted molar refractivity (Wildman–Crippen MR) is 63.3 cm³/mol. The Bertz CT molecular complexity index is 213. The molecule has 2 saturated heterocycles. The number of carbonyl (C=O) groups is 1. The Kier molecular flexibility index (Phi) is 4.14. The summed E-state index contributed by atoms with van der Waals surface area (Å²) < 4.78 is 0. The summed E-state index contributed by atoms with van der Waals surface area (Å²) in [6, 6.07) is 0.726. The fourth-order valence-corrected chi connectivity index (χ4v) is 3.14. The number of hydrogen-bond acceptors (Lipinski definition) is 3. The summed E-state index contributed by atoms with van der Waals surface area (Å²) >= 11 is 1.98. The van der Waals surface area contributed by atoms with Gasteiger partial charge >= 0.3 is 6.03 Å². The molecule has 3 N–H and O–H groups in total. The summed E-state index contributed by atoms with van der Waals surface area (Å²) in [7, 11) is 0. The Hall–Kier alpha value is -0.420. The molecule has 2 amide bonds. The van der Waals surface area contributed by atoms with Gasteiger partial charge in [-0.05, 0) is 37.3 Å². The van der Waals surface area contributed by atoms with Crippen molar-refractivity contribution < 1.29 is 4.79 Å². The highest BCUT2D eigenvalue weighted by molar-refractivity contribution is 7.99. The zero-order valence-corrected chi connectivity index (χ0v) is 9.74. The molecule has 0 aromatic carbocycles. The van der Waals surface area contributed by atoms with Crippen LogP contribution in [-0.4, -0.2) is 42.7 Å². The minimum Gasteiger partial charge on any atom is -0.335 e. The molecule has 2 aliphatic heterocycles. The Balaban J connectivity index is 1.66. The van der Waals surface area contributed by atoms with Crippen molar-refractivity contribution in [3.8, 4) is 0 Å². The SMILES string of the molecule is O=C(NC1CCSCC1)NC1CCNC1. The van der Waals surface area contributed by atoms with E-state index in [1.807, 2.05) is 11.8 Å². The molecule has 86 valence electrons. The summed E-state index contributed by atoms with van der Waals surface area (Å²) in [5, 5.41) is 9.30. The van der Waals surface area contributed by atoms with E-state index < -0.39 is 0 Å². The van der Waals surface area contributed by atoms with Gasteiger partial charge in [0.2, 0.25) is 0 Å². The predicted octanol–water partition coefficient (Wildman–Crippen LogP) is 0.543. The first-order valence-electron chi connectivity index (χ1n) is 5.70. The second-order valence-corrected chi connectivity index (χ2v) is 5.42. The van der Waals surface area contributed by atoms with E-state index >= 15 is 0 Å². The van der Waals surface area contributed by atoms with Crippen molar-refractivity contribution in [2.24, 2.45) is 0 Å². The monoisotopic (exact) mass is 229 g/mol. The van der Waals surface area contributed by atoms with E-state index in [4.69, 9.17) is 0 Å². The third-order valence-electron chi connectivity index (χ3n) is 2.95. The van der Waals surface area contributed by atoms with Gasteiger partial charge in [0, 0.05) is 18.6 Å². The molecule has 4 nitrogen and oxygen atoms in total. The maximum atomic E-state index is 11.6. The quantitative estimate of drug-likeness (QED) is 0.648. The highest BCUT2D eigenvalue weighted by Crippen LogP contribution is 2.16. The normalized spacial score (nSPS) is 27.6. The second kappa shape index (κ2) is 5.61. The van der Waals surface area contributed by atoms with E-state index in [-0.39, 0.29) is 6.03 Å². The van der Waals surface area contributed by atoms with Crippen molar-refractivity contribution in [2.75, 3.05) is 24.6 Å². The van der Waals surface area contributed by atoms with Gasteiger partial charge in [-0.25, -0.2) is 4.79 Å². The Morgan fingerprint density at radius 2 is 1.87 bits per heavy atom. The lowest BCUT2D eigenvalue weighted by atomic mass is 10.1. The molecular formula is C10H19N3OS. The summed E-state index contributed by atoms with van der Waals surface area (Å²) in [6.07, 6.45) is 3.27. The lowest BCUT2D eigenvalue weighted by Gasteiger charge is -2.23. The Morgan fingerprint density at radius 1 is 1.13 bits per heavy atom. The van der Waals surface area contributed by atoms with Crippen LogP contribution in [0.1, 0.15) is 19.3 Å². The Labute approximate surface area is 94.9 Å². The zero-order valence-electron chi connectivity index (χ0n) is 8.92. The van der Waals surface area contributed by atoms with Crippen LogP contribution in [0.4, 0.5) is 4.79 Å². The smallest absolute Gasteiger partial charge is 0.315 e. The highest BCUT2D eigenvalue weighted by atomic mass is 32.2. The van der Waals surface area contributed by atoms with Gasteiger partial charge in [0.15, 0.2) is 0 Å². The molecule has 2 heterocycles. The van der Waals surface area contributed by atoms with Gasteiger partial charge < -0.3 is 16.0 Å². The average molecular weight is 229 g/mol. The second-order valence-electron chi connectivity index (χ2n) is 4.19. The van der Waals surface area contributed by atoms with Gasteiger partial charge in [0.05, 0.1) is 0 Å². The van der Waals surface area contributed by atoms with E-state index in [0.29, 0.717) is 12.1 Å². The Morgan fingerprint density at radius 3 is 2.53 bits per heavy atom. The molecular weight excluding hydrogens is 210 g/mol. The number of thioether (sulfide) groups is 1. The summed E-state index contributed by atoms with van der Waals surface area (Å²) in [4.78, 5) is 11.6. The van der Waals surface area contributed by atoms with Gasteiger partial charge in [-0.3, -0.25) is 0 Å². The molecule has 0 aromatic rings.